The fourth-order valence-corrected chi connectivity index (χ4v) is 1.76. The maximum atomic E-state index is 11.0. The zero-order valence-corrected chi connectivity index (χ0v) is 9.91. The lowest BCUT2D eigenvalue weighted by Crippen LogP contribution is -2.31. The normalized spacial score (nSPS) is 11.9. The molecule has 3 N–H and O–H groups in total. The van der Waals surface area contributed by atoms with Gasteiger partial charge < -0.3 is 14.8 Å². The largest absolute Gasteiger partial charge is 0.417 e. The molecule has 2 rings (SSSR count). The number of aromatic nitrogens is 1. The van der Waals surface area contributed by atoms with Crippen LogP contribution in [0.15, 0.2) is 27.4 Å². The van der Waals surface area contributed by atoms with Gasteiger partial charge in [-0.3, -0.25) is 4.98 Å². The van der Waals surface area contributed by atoms with Gasteiger partial charge in [0, 0.05) is 17.8 Å². The summed E-state index contributed by atoms with van der Waals surface area (Å²) in [6.45, 7) is 4.14. The third-order valence-corrected chi connectivity index (χ3v) is 2.64. The van der Waals surface area contributed by atoms with Crippen molar-refractivity contribution in [2.24, 2.45) is 0 Å². The third-order valence-electron chi connectivity index (χ3n) is 2.64. The van der Waals surface area contributed by atoms with E-state index in [1.54, 1.807) is 6.07 Å². The topological polar surface area (TPSA) is 78.3 Å². The summed E-state index contributed by atoms with van der Waals surface area (Å²) in [5.74, 6) is -0.452. The second-order valence-corrected chi connectivity index (χ2v) is 4.71. The predicted molar refractivity (Wildman–Crippen MR) is 66.2 cm³/mol. The highest BCUT2D eigenvalue weighted by Crippen LogP contribution is 2.21. The van der Waals surface area contributed by atoms with Gasteiger partial charge in [-0.1, -0.05) is 0 Å². The van der Waals surface area contributed by atoms with E-state index in [-0.39, 0.29) is 12.1 Å². The predicted octanol–water partition coefficient (Wildman–Crippen LogP) is 1.69. The van der Waals surface area contributed by atoms with E-state index in [9.17, 15) is 4.79 Å². The van der Waals surface area contributed by atoms with E-state index in [0.29, 0.717) is 17.5 Å². The number of H-pyrrole nitrogens is 1. The number of aliphatic hydroxyl groups is 1. The molecule has 1 aromatic carbocycles. The van der Waals surface area contributed by atoms with Gasteiger partial charge in [0.25, 0.3) is 0 Å². The molecule has 5 heteroatoms. The van der Waals surface area contributed by atoms with Gasteiger partial charge in [0.15, 0.2) is 5.58 Å². The van der Waals surface area contributed by atoms with Crippen LogP contribution < -0.4 is 11.1 Å². The van der Waals surface area contributed by atoms with Gasteiger partial charge in [-0.15, -0.1) is 0 Å². The number of nitrogens with one attached hydrogen (secondary N) is 2. The molecule has 1 aromatic heterocycles. The molecule has 2 aromatic rings. The first-order valence-electron chi connectivity index (χ1n) is 5.52. The standard InChI is InChI=1S/C12H16N2O3/c1-12(2,5-6-15)14-8-3-4-10-9(7-8)13-11(16)17-10/h3-4,7,14-15H,5-6H2,1-2H3,(H,13,16). The number of aliphatic hydroxyl groups excluding tert-OH is 1. The quantitative estimate of drug-likeness (QED) is 0.755. The van der Waals surface area contributed by atoms with E-state index in [4.69, 9.17) is 9.52 Å². The van der Waals surface area contributed by atoms with Crippen LogP contribution in [0.25, 0.3) is 11.1 Å². The fourth-order valence-electron chi connectivity index (χ4n) is 1.76. The van der Waals surface area contributed by atoms with Crippen LogP contribution in [-0.2, 0) is 0 Å². The zero-order chi connectivity index (χ0) is 12.5. The molecule has 0 aliphatic heterocycles. The highest BCUT2D eigenvalue weighted by molar-refractivity contribution is 5.76. The van der Waals surface area contributed by atoms with E-state index in [2.05, 4.69) is 10.3 Å². The first-order chi connectivity index (χ1) is 8.00. The first kappa shape index (κ1) is 11.7. The van der Waals surface area contributed by atoms with E-state index >= 15 is 0 Å². The summed E-state index contributed by atoms with van der Waals surface area (Å²) in [5.41, 5.74) is 1.89. The van der Waals surface area contributed by atoms with Crippen molar-refractivity contribution >= 4 is 16.8 Å². The summed E-state index contributed by atoms with van der Waals surface area (Å²) in [6, 6.07) is 5.40. The Labute approximate surface area is 98.5 Å². The zero-order valence-electron chi connectivity index (χ0n) is 9.91. The molecular weight excluding hydrogens is 220 g/mol. The minimum Gasteiger partial charge on any atom is -0.408 e. The number of aromatic amines is 1. The Morgan fingerprint density at radius 2 is 2.24 bits per heavy atom. The van der Waals surface area contributed by atoms with Crippen LogP contribution in [0.1, 0.15) is 20.3 Å². The highest BCUT2D eigenvalue weighted by atomic mass is 16.4. The second kappa shape index (κ2) is 4.25. The molecule has 0 amide bonds. The van der Waals surface area contributed by atoms with Crippen LogP contribution in [0.5, 0.6) is 0 Å². The van der Waals surface area contributed by atoms with Gasteiger partial charge in [-0.05, 0) is 38.5 Å². The van der Waals surface area contributed by atoms with Gasteiger partial charge in [0.2, 0.25) is 0 Å². The summed E-state index contributed by atoms with van der Waals surface area (Å²) < 4.78 is 4.92. The van der Waals surface area contributed by atoms with Crippen LogP contribution >= 0.6 is 0 Å². The van der Waals surface area contributed by atoms with Crippen LogP contribution in [0.2, 0.25) is 0 Å². The highest BCUT2D eigenvalue weighted by Gasteiger charge is 2.16. The van der Waals surface area contributed by atoms with E-state index in [1.165, 1.54) is 0 Å². The van der Waals surface area contributed by atoms with Crippen molar-refractivity contribution in [3.05, 3.63) is 28.7 Å². The lowest BCUT2D eigenvalue weighted by atomic mass is 10.0. The number of hydrogen-bond donors (Lipinski definition) is 3. The summed E-state index contributed by atoms with van der Waals surface area (Å²) >= 11 is 0. The molecule has 0 aliphatic carbocycles. The molecule has 1 heterocycles. The summed E-state index contributed by atoms with van der Waals surface area (Å²) in [6.07, 6.45) is 0.646. The molecule has 0 atom stereocenters. The molecule has 0 aliphatic rings. The van der Waals surface area contributed by atoms with Crippen LogP contribution in [-0.4, -0.2) is 22.2 Å². The van der Waals surface area contributed by atoms with Crippen molar-refractivity contribution < 1.29 is 9.52 Å². The number of hydrogen-bond acceptors (Lipinski definition) is 4. The third kappa shape index (κ3) is 2.68. The van der Waals surface area contributed by atoms with E-state index < -0.39 is 5.76 Å². The number of rotatable bonds is 4. The summed E-state index contributed by atoms with van der Waals surface area (Å²) in [7, 11) is 0. The minimum absolute atomic E-state index is 0.130. The number of benzene rings is 1. The molecule has 0 saturated heterocycles. The van der Waals surface area contributed by atoms with Crippen molar-refractivity contribution in [3.8, 4) is 0 Å². The van der Waals surface area contributed by atoms with Gasteiger partial charge in [0.1, 0.15) is 0 Å². The average Bonchev–Trinajstić information content (AvgIpc) is 2.56. The van der Waals surface area contributed by atoms with Crippen molar-refractivity contribution in [2.75, 3.05) is 11.9 Å². The fraction of sp³-hybridized carbons (Fsp3) is 0.417. The Bertz CT molecular complexity index is 568. The average molecular weight is 236 g/mol. The Morgan fingerprint density at radius 3 is 2.94 bits per heavy atom. The summed E-state index contributed by atoms with van der Waals surface area (Å²) in [5, 5.41) is 12.2. The molecule has 0 saturated carbocycles. The Morgan fingerprint density at radius 1 is 1.47 bits per heavy atom. The van der Waals surface area contributed by atoms with Crippen molar-refractivity contribution in [1.82, 2.24) is 4.98 Å². The summed E-state index contributed by atoms with van der Waals surface area (Å²) in [4.78, 5) is 13.6. The number of anilines is 1. The SMILES string of the molecule is CC(C)(CCO)Nc1ccc2oc(=O)[nH]c2c1. The smallest absolute Gasteiger partial charge is 0.408 e. The molecule has 0 bridgehead atoms. The molecule has 0 unspecified atom stereocenters. The maximum absolute atomic E-state index is 11.0. The van der Waals surface area contributed by atoms with Gasteiger partial charge >= 0.3 is 5.76 Å². The molecule has 92 valence electrons. The van der Waals surface area contributed by atoms with E-state index in [1.807, 2.05) is 26.0 Å². The molecule has 0 fully saturated rings. The van der Waals surface area contributed by atoms with Gasteiger partial charge in [-0.25, -0.2) is 4.79 Å². The number of oxazole rings is 1. The molecule has 0 radical (unpaired) electrons. The molecule has 5 nitrogen and oxygen atoms in total. The van der Waals surface area contributed by atoms with Crippen LogP contribution in [0.3, 0.4) is 0 Å². The lowest BCUT2D eigenvalue weighted by molar-refractivity contribution is 0.261. The second-order valence-electron chi connectivity index (χ2n) is 4.71. The monoisotopic (exact) mass is 236 g/mol. The molecular formula is C12H16N2O3. The van der Waals surface area contributed by atoms with Crippen LogP contribution in [0.4, 0.5) is 5.69 Å². The van der Waals surface area contributed by atoms with Crippen LogP contribution in [0, 0.1) is 0 Å². The lowest BCUT2D eigenvalue weighted by Gasteiger charge is -2.26. The van der Waals surface area contributed by atoms with Gasteiger partial charge in [0.05, 0.1) is 5.52 Å². The Hall–Kier alpha value is -1.75. The Balaban J connectivity index is 2.27. The van der Waals surface area contributed by atoms with Crippen molar-refractivity contribution in [2.45, 2.75) is 25.8 Å². The molecule has 17 heavy (non-hydrogen) atoms. The Kier molecular flexibility index (Phi) is 2.93. The minimum atomic E-state index is -0.452. The maximum Gasteiger partial charge on any atom is 0.417 e. The first-order valence-corrected chi connectivity index (χ1v) is 5.52. The van der Waals surface area contributed by atoms with Gasteiger partial charge in [-0.2, -0.15) is 0 Å². The molecule has 0 spiro atoms. The van der Waals surface area contributed by atoms with Crippen molar-refractivity contribution in [1.29, 1.82) is 0 Å². The van der Waals surface area contributed by atoms with E-state index in [0.717, 1.165) is 5.69 Å². The van der Waals surface area contributed by atoms with Crippen molar-refractivity contribution in [3.63, 3.8) is 0 Å². The number of fused-ring (bicyclic) bond motifs is 1.